The lowest BCUT2D eigenvalue weighted by Crippen LogP contribution is -2.15. The summed E-state index contributed by atoms with van der Waals surface area (Å²) in [7, 11) is 2.49. The molecule has 27 heavy (non-hydrogen) atoms. The third kappa shape index (κ3) is 3.57. The molecule has 8 heteroatoms. The number of ether oxygens (including phenoxy) is 2. The normalized spacial score (nSPS) is 10.5. The van der Waals surface area contributed by atoms with E-state index >= 15 is 0 Å². The number of methoxy groups -OCH3 is 2. The molecule has 0 fully saturated rings. The van der Waals surface area contributed by atoms with E-state index in [0.717, 1.165) is 0 Å². The van der Waals surface area contributed by atoms with Crippen LogP contribution in [-0.2, 0) is 9.47 Å². The van der Waals surface area contributed by atoms with E-state index in [9.17, 15) is 9.59 Å². The molecule has 0 aliphatic carbocycles. The SMILES string of the molecule is COC(=O)c1c(-c2cccc(Cl)c2I)nn(-c2ccccc2)c1C(=O)OC. The van der Waals surface area contributed by atoms with E-state index in [-0.39, 0.29) is 17.0 Å². The van der Waals surface area contributed by atoms with E-state index in [0.29, 0.717) is 19.8 Å². The van der Waals surface area contributed by atoms with Gasteiger partial charge in [-0.25, -0.2) is 14.3 Å². The fourth-order valence-electron chi connectivity index (χ4n) is 2.63. The molecule has 0 unspecified atom stereocenters. The van der Waals surface area contributed by atoms with Crippen molar-refractivity contribution in [2.45, 2.75) is 0 Å². The van der Waals surface area contributed by atoms with E-state index in [4.69, 9.17) is 21.1 Å². The Morgan fingerprint density at radius 2 is 1.67 bits per heavy atom. The predicted molar refractivity (Wildman–Crippen MR) is 109 cm³/mol. The van der Waals surface area contributed by atoms with Crippen LogP contribution in [0.4, 0.5) is 0 Å². The van der Waals surface area contributed by atoms with Crippen molar-refractivity contribution in [3.05, 3.63) is 68.4 Å². The number of para-hydroxylation sites is 1. The highest BCUT2D eigenvalue weighted by Crippen LogP contribution is 2.34. The monoisotopic (exact) mass is 496 g/mol. The Balaban J connectivity index is 2.40. The van der Waals surface area contributed by atoms with Crippen LogP contribution >= 0.6 is 34.2 Å². The molecule has 3 aromatic rings. The maximum atomic E-state index is 12.6. The molecule has 0 radical (unpaired) electrons. The largest absolute Gasteiger partial charge is 0.465 e. The van der Waals surface area contributed by atoms with Crippen LogP contribution in [0.25, 0.3) is 16.9 Å². The number of aromatic nitrogens is 2. The minimum Gasteiger partial charge on any atom is -0.465 e. The van der Waals surface area contributed by atoms with Gasteiger partial charge in [0.15, 0.2) is 5.69 Å². The van der Waals surface area contributed by atoms with Crippen LogP contribution in [0.2, 0.25) is 5.02 Å². The molecular formula is C19H14ClIN2O4. The van der Waals surface area contributed by atoms with Crippen LogP contribution in [0.3, 0.4) is 0 Å². The maximum absolute atomic E-state index is 12.6. The minimum absolute atomic E-state index is 0.0127. The van der Waals surface area contributed by atoms with Gasteiger partial charge in [-0.05, 0) is 40.8 Å². The van der Waals surface area contributed by atoms with Crippen LogP contribution in [0.1, 0.15) is 20.8 Å². The molecule has 0 saturated carbocycles. The number of carbonyl (C=O) groups excluding carboxylic acids is 2. The van der Waals surface area contributed by atoms with Gasteiger partial charge >= 0.3 is 11.9 Å². The molecule has 0 spiro atoms. The number of rotatable bonds is 4. The summed E-state index contributed by atoms with van der Waals surface area (Å²) in [5.74, 6) is -1.39. The van der Waals surface area contributed by atoms with Crippen LogP contribution in [0, 0.1) is 3.57 Å². The molecule has 3 rings (SSSR count). The number of benzene rings is 2. The quantitative estimate of drug-likeness (QED) is 0.396. The van der Waals surface area contributed by atoms with Gasteiger partial charge in [0.25, 0.3) is 0 Å². The molecule has 0 aliphatic rings. The molecule has 0 bridgehead atoms. The average molecular weight is 497 g/mol. The molecule has 1 aromatic heterocycles. The van der Waals surface area contributed by atoms with Crippen molar-refractivity contribution in [3.63, 3.8) is 0 Å². The third-order valence-corrected chi connectivity index (χ3v) is 5.66. The summed E-state index contributed by atoms with van der Waals surface area (Å²) >= 11 is 8.31. The molecule has 6 nitrogen and oxygen atoms in total. The number of esters is 2. The van der Waals surface area contributed by atoms with E-state index in [1.165, 1.54) is 18.9 Å². The Hall–Kier alpha value is -2.39. The smallest absolute Gasteiger partial charge is 0.357 e. The molecule has 0 atom stereocenters. The van der Waals surface area contributed by atoms with Gasteiger partial charge in [0.1, 0.15) is 11.3 Å². The highest BCUT2D eigenvalue weighted by atomic mass is 127. The first-order chi connectivity index (χ1) is 13.0. The standard InChI is InChI=1S/C19H14ClIN2O4/c1-26-18(24)14-16(12-9-6-10-13(20)15(12)21)22-23(17(14)19(25)27-2)11-7-4-3-5-8-11/h3-10H,1-2H3. The molecule has 0 amide bonds. The highest BCUT2D eigenvalue weighted by Gasteiger charge is 2.32. The second-order valence-electron chi connectivity index (χ2n) is 5.40. The van der Waals surface area contributed by atoms with Crippen molar-refractivity contribution in [3.8, 4) is 16.9 Å². The van der Waals surface area contributed by atoms with Gasteiger partial charge in [-0.2, -0.15) is 5.10 Å². The first kappa shape index (κ1) is 19.4. The lowest BCUT2D eigenvalue weighted by molar-refractivity contribution is 0.0549. The summed E-state index contributed by atoms with van der Waals surface area (Å²) in [6.07, 6.45) is 0. The summed E-state index contributed by atoms with van der Waals surface area (Å²) < 4.78 is 11.9. The Morgan fingerprint density at radius 1 is 1.00 bits per heavy atom. The zero-order valence-electron chi connectivity index (χ0n) is 14.4. The van der Waals surface area contributed by atoms with Crippen molar-refractivity contribution in [2.24, 2.45) is 0 Å². The van der Waals surface area contributed by atoms with Crippen molar-refractivity contribution in [1.29, 1.82) is 0 Å². The van der Waals surface area contributed by atoms with Gasteiger partial charge in [-0.3, -0.25) is 0 Å². The molecule has 138 valence electrons. The molecule has 0 N–H and O–H groups in total. The molecule has 0 aliphatic heterocycles. The molecule has 1 heterocycles. The van der Waals surface area contributed by atoms with Gasteiger partial charge in [0, 0.05) is 9.13 Å². The molecule has 0 saturated heterocycles. The van der Waals surface area contributed by atoms with Gasteiger partial charge in [-0.1, -0.05) is 41.9 Å². The van der Waals surface area contributed by atoms with Gasteiger partial charge < -0.3 is 9.47 Å². The van der Waals surface area contributed by atoms with E-state index < -0.39 is 11.9 Å². The Morgan fingerprint density at radius 3 is 2.30 bits per heavy atom. The zero-order valence-corrected chi connectivity index (χ0v) is 17.3. The van der Waals surface area contributed by atoms with Gasteiger partial charge in [0.2, 0.25) is 0 Å². The Labute approximate surface area is 174 Å². The third-order valence-electron chi connectivity index (χ3n) is 3.86. The van der Waals surface area contributed by atoms with Gasteiger partial charge in [0.05, 0.1) is 24.9 Å². The van der Waals surface area contributed by atoms with Crippen molar-refractivity contribution < 1.29 is 19.1 Å². The Kier molecular flexibility index (Phi) is 5.81. The summed E-state index contributed by atoms with van der Waals surface area (Å²) in [4.78, 5) is 25.1. The van der Waals surface area contributed by atoms with E-state index in [1.807, 2.05) is 6.07 Å². The van der Waals surface area contributed by atoms with Crippen molar-refractivity contribution >= 4 is 46.1 Å². The molecular weight excluding hydrogens is 483 g/mol. The van der Waals surface area contributed by atoms with Crippen molar-refractivity contribution in [2.75, 3.05) is 14.2 Å². The highest BCUT2D eigenvalue weighted by molar-refractivity contribution is 14.1. The minimum atomic E-state index is -0.699. The number of hydrogen-bond acceptors (Lipinski definition) is 5. The zero-order chi connectivity index (χ0) is 19.6. The first-order valence-electron chi connectivity index (χ1n) is 7.79. The van der Waals surface area contributed by atoms with Gasteiger partial charge in [-0.15, -0.1) is 0 Å². The Bertz CT molecular complexity index is 1020. The summed E-state index contributed by atoms with van der Waals surface area (Å²) in [5.41, 5.74) is 1.52. The van der Waals surface area contributed by atoms with Crippen LogP contribution < -0.4 is 0 Å². The predicted octanol–water partition coefficient (Wildman–Crippen LogP) is 4.37. The van der Waals surface area contributed by atoms with Crippen LogP contribution in [-0.4, -0.2) is 35.9 Å². The number of carbonyl (C=O) groups is 2. The second-order valence-corrected chi connectivity index (χ2v) is 6.89. The lowest BCUT2D eigenvalue weighted by Gasteiger charge is -2.07. The van der Waals surface area contributed by atoms with Crippen LogP contribution in [0.5, 0.6) is 0 Å². The van der Waals surface area contributed by atoms with E-state index in [2.05, 4.69) is 27.7 Å². The number of hydrogen-bond donors (Lipinski definition) is 0. The average Bonchev–Trinajstić information content (AvgIpc) is 3.09. The second kappa shape index (κ2) is 8.10. The number of halogens is 2. The lowest BCUT2D eigenvalue weighted by atomic mass is 10.1. The topological polar surface area (TPSA) is 70.4 Å². The fraction of sp³-hybridized carbons (Fsp3) is 0.105. The summed E-state index contributed by atoms with van der Waals surface area (Å²) in [6, 6.07) is 14.3. The first-order valence-corrected chi connectivity index (χ1v) is 9.24. The fourth-order valence-corrected chi connectivity index (χ4v) is 3.42. The molecule has 2 aromatic carbocycles. The van der Waals surface area contributed by atoms with Crippen molar-refractivity contribution in [1.82, 2.24) is 9.78 Å². The van der Waals surface area contributed by atoms with Crippen LogP contribution in [0.15, 0.2) is 48.5 Å². The maximum Gasteiger partial charge on any atom is 0.357 e. The number of nitrogens with zero attached hydrogens (tertiary/aromatic N) is 2. The summed E-state index contributed by atoms with van der Waals surface area (Å²) in [5, 5.41) is 5.05. The summed E-state index contributed by atoms with van der Waals surface area (Å²) in [6.45, 7) is 0. The van der Waals surface area contributed by atoms with E-state index in [1.54, 1.807) is 42.5 Å².